The Labute approximate surface area is 126 Å². The van der Waals surface area contributed by atoms with Crippen LogP contribution in [0.5, 0.6) is 0 Å². The van der Waals surface area contributed by atoms with E-state index in [2.05, 4.69) is 5.32 Å². The molecule has 1 aromatic heterocycles. The molecule has 6 nitrogen and oxygen atoms in total. The molecule has 0 aliphatic carbocycles. The van der Waals surface area contributed by atoms with Crippen LogP contribution in [0.4, 0.5) is 10.7 Å². The molecule has 0 amide bonds. The molecule has 1 N–H and O–H groups in total. The fourth-order valence-corrected chi connectivity index (χ4v) is 3.72. The minimum Gasteiger partial charge on any atom is -0.367 e. The first-order valence-electron chi connectivity index (χ1n) is 6.05. The van der Waals surface area contributed by atoms with E-state index in [4.69, 9.17) is 0 Å². The van der Waals surface area contributed by atoms with Gasteiger partial charge in [0.05, 0.1) is 4.92 Å². The van der Waals surface area contributed by atoms with Gasteiger partial charge in [-0.3, -0.25) is 10.1 Å². The number of nitro groups is 1. The molecule has 0 atom stereocenters. The Kier molecular flexibility index (Phi) is 4.29. The predicted octanol–water partition coefficient (Wildman–Crippen LogP) is 2.98. The third kappa shape index (κ3) is 3.59. The lowest BCUT2D eigenvalue weighted by Crippen LogP contribution is -2.01. The Morgan fingerprint density at radius 2 is 2.00 bits per heavy atom. The maximum atomic E-state index is 11.5. The molecule has 8 heteroatoms. The van der Waals surface area contributed by atoms with Gasteiger partial charge in [-0.1, -0.05) is 35.6 Å². The zero-order valence-corrected chi connectivity index (χ0v) is 13.1. The third-order valence-corrected chi connectivity index (χ3v) is 5.84. The second-order valence-electron chi connectivity index (χ2n) is 4.59. The number of nitrogens with one attached hydrogen (secondary N) is 1. The van der Waals surface area contributed by atoms with Gasteiger partial charge < -0.3 is 5.32 Å². The summed E-state index contributed by atoms with van der Waals surface area (Å²) in [5.41, 5.74) is 1.85. The summed E-state index contributed by atoms with van der Waals surface area (Å²) in [6.45, 7) is 2.35. The number of aryl methyl sites for hydroxylation is 1. The zero-order chi connectivity index (χ0) is 15.6. The van der Waals surface area contributed by atoms with Crippen LogP contribution in [0.15, 0.2) is 34.5 Å². The molecule has 21 heavy (non-hydrogen) atoms. The molecule has 1 heterocycles. The van der Waals surface area contributed by atoms with E-state index in [0.29, 0.717) is 6.54 Å². The van der Waals surface area contributed by atoms with Crippen molar-refractivity contribution in [3.05, 3.63) is 51.6 Å². The van der Waals surface area contributed by atoms with Crippen molar-refractivity contribution in [3.8, 4) is 0 Å². The van der Waals surface area contributed by atoms with Gasteiger partial charge in [0.15, 0.2) is 14.8 Å². The molecule has 2 aromatic rings. The normalized spacial score (nSPS) is 11.3. The van der Waals surface area contributed by atoms with Gasteiger partial charge in [-0.2, -0.15) is 0 Å². The molecular weight excluding hydrogens is 312 g/mol. The van der Waals surface area contributed by atoms with Gasteiger partial charge in [-0.15, -0.1) is 0 Å². The van der Waals surface area contributed by atoms with Crippen LogP contribution >= 0.6 is 11.3 Å². The number of anilines is 1. The van der Waals surface area contributed by atoms with E-state index >= 15 is 0 Å². The van der Waals surface area contributed by atoms with E-state index in [0.717, 1.165) is 34.8 Å². The molecule has 0 saturated carbocycles. The number of hydrogen-bond acceptors (Lipinski definition) is 6. The summed E-state index contributed by atoms with van der Waals surface area (Å²) >= 11 is 0.879. The van der Waals surface area contributed by atoms with Crippen LogP contribution in [0.25, 0.3) is 0 Å². The van der Waals surface area contributed by atoms with Crippen LogP contribution in [-0.2, 0) is 16.4 Å². The summed E-state index contributed by atoms with van der Waals surface area (Å²) in [7, 11) is -3.46. The lowest BCUT2D eigenvalue weighted by atomic mass is 10.1. The molecule has 0 unspecified atom stereocenters. The Bertz CT molecular complexity index is 781. The first kappa shape index (κ1) is 15.5. The van der Waals surface area contributed by atoms with Gasteiger partial charge in [0.25, 0.3) is 0 Å². The minimum absolute atomic E-state index is 0.0125. The molecule has 2 rings (SSSR count). The van der Waals surface area contributed by atoms with Crippen LogP contribution in [0, 0.1) is 17.0 Å². The quantitative estimate of drug-likeness (QED) is 0.674. The molecule has 0 aliphatic rings. The fraction of sp³-hybridized carbons (Fsp3) is 0.231. The van der Waals surface area contributed by atoms with Crippen molar-refractivity contribution in [1.82, 2.24) is 0 Å². The number of benzene rings is 1. The van der Waals surface area contributed by atoms with Gasteiger partial charge in [0.2, 0.25) is 0 Å². The van der Waals surface area contributed by atoms with Crippen molar-refractivity contribution >= 4 is 31.9 Å². The number of rotatable bonds is 5. The van der Waals surface area contributed by atoms with Crippen LogP contribution in [0.2, 0.25) is 0 Å². The molecule has 112 valence electrons. The average molecular weight is 326 g/mol. The number of nitrogens with zero attached hydrogens (tertiary/aromatic N) is 1. The molecule has 0 spiro atoms. The molecule has 0 radical (unpaired) electrons. The summed E-state index contributed by atoms with van der Waals surface area (Å²) < 4.78 is 23.0. The average Bonchev–Trinajstić information content (AvgIpc) is 2.82. The number of sulfone groups is 1. The van der Waals surface area contributed by atoms with E-state index in [1.165, 1.54) is 0 Å². The highest BCUT2D eigenvalue weighted by molar-refractivity contribution is 7.92. The lowest BCUT2D eigenvalue weighted by molar-refractivity contribution is -0.383. The van der Waals surface area contributed by atoms with E-state index in [1.807, 2.05) is 31.2 Å². The Morgan fingerprint density at radius 1 is 1.33 bits per heavy atom. The number of thiophene rings is 1. The highest BCUT2D eigenvalue weighted by Gasteiger charge is 2.23. The molecule has 1 aromatic carbocycles. The summed E-state index contributed by atoms with van der Waals surface area (Å²) in [5, 5.41) is 14.2. The Morgan fingerprint density at radius 3 is 2.57 bits per heavy atom. The standard InChI is InChI=1S/C13H14N2O4S2/c1-9-5-3-4-6-10(9)8-14-13-11(15(16)17)7-12(20-13)21(2,18)19/h3-7,14H,8H2,1-2H3. The molecule has 0 saturated heterocycles. The van der Waals surface area contributed by atoms with Crippen molar-refractivity contribution < 1.29 is 13.3 Å². The van der Waals surface area contributed by atoms with E-state index in [-0.39, 0.29) is 14.9 Å². The first-order chi connectivity index (χ1) is 9.79. The van der Waals surface area contributed by atoms with E-state index in [1.54, 1.807) is 0 Å². The van der Waals surface area contributed by atoms with Gasteiger partial charge in [-0.05, 0) is 18.1 Å². The largest absolute Gasteiger partial charge is 0.367 e. The first-order valence-corrected chi connectivity index (χ1v) is 8.76. The second kappa shape index (κ2) is 5.82. The summed E-state index contributed by atoms with van der Waals surface area (Å²) in [5.74, 6) is 0. The van der Waals surface area contributed by atoms with Gasteiger partial charge in [0, 0.05) is 18.9 Å². The topological polar surface area (TPSA) is 89.3 Å². The van der Waals surface area contributed by atoms with Crippen molar-refractivity contribution in [2.24, 2.45) is 0 Å². The van der Waals surface area contributed by atoms with Crippen molar-refractivity contribution in [3.63, 3.8) is 0 Å². The molecule has 0 fully saturated rings. The molecule has 0 aliphatic heterocycles. The third-order valence-electron chi connectivity index (χ3n) is 2.95. The maximum absolute atomic E-state index is 11.5. The van der Waals surface area contributed by atoms with E-state index in [9.17, 15) is 18.5 Å². The predicted molar refractivity (Wildman–Crippen MR) is 82.6 cm³/mol. The lowest BCUT2D eigenvalue weighted by Gasteiger charge is -2.06. The van der Waals surface area contributed by atoms with Crippen molar-refractivity contribution in [1.29, 1.82) is 0 Å². The Hall–Kier alpha value is -1.93. The van der Waals surface area contributed by atoms with Crippen LogP contribution in [0.1, 0.15) is 11.1 Å². The molecular formula is C13H14N2O4S2. The Balaban J connectivity index is 2.29. The maximum Gasteiger partial charge on any atom is 0.304 e. The summed E-state index contributed by atoms with van der Waals surface area (Å²) in [4.78, 5) is 10.4. The van der Waals surface area contributed by atoms with Crippen molar-refractivity contribution in [2.45, 2.75) is 17.7 Å². The zero-order valence-electron chi connectivity index (χ0n) is 11.5. The SMILES string of the molecule is Cc1ccccc1CNc1sc(S(C)(=O)=O)cc1[N+](=O)[O-]. The highest BCUT2D eigenvalue weighted by atomic mass is 32.2. The van der Waals surface area contributed by atoms with Crippen LogP contribution in [-0.4, -0.2) is 19.6 Å². The van der Waals surface area contributed by atoms with Gasteiger partial charge >= 0.3 is 5.69 Å². The highest BCUT2D eigenvalue weighted by Crippen LogP contribution is 2.37. The van der Waals surface area contributed by atoms with Gasteiger partial charge in [-0.25, -0.2) is 8.42 Å². The monoisotopic (exact) mass is 326 g/mol. The summed E-state index contributed by atoms with van der Waals surface area (Å²) in [6, 6.07) is 8.75. The van der Waals surface area contributed by atoms with Gasteiger partial charge in [0.1, 0.15) is 4.21 Å². The van der Waals surface area contributed by atoms with Crippen LogP contribution < -0.4 is 5.32 Å². The molecule has 0 bridgehead atoms. The summed E-state index contributed by atoms with van der Waals surface area (Å²) in [6.07, 6.45) is 1.04. The van der Waals surface area contributed by atoms with Crippen molar-refractivity contribution in [2.75, 3.05) is 11.6 Å². The second-order valence-corrected chi connectivity index (χ2v) is 7.88. The minimum atomic E-state index is -3.46. The fourth-order valence-electron chi connectivity index (χ4n) is 1.79. The smallest absolute Gasteiger partial charge is 0.304 e. The van der Waals surface area contributed by atoms with Crippen LogP contribution in [0.3, 0.4) is 0 Å². The van der Waals surface area contributed by atoms with E-state index < -0.39 is 14.8 Å². The number of hydrogen-bond donors (Lipinski definition) is 1.